The summed E-state index contributed by atoms with van der Waals surface area (Å²) in [7, 11) is 0. The van der Waals surface area contributed by atoms with Crippen LogP contribution in [0, 0.1) is 0 Å². The van der Waals surface area contributed by atoms with Crippen LogP contribution in [0.5, 0.6) is 0 Å². The number of hydrogen-bond donors (Lipinski definition) is 2. The maximum absolute atomic E-state index is 11.2. The number of aromatic nitrogens is 2. The average Bonchev–Trinajstić information content (AvgIpc) is 2.66. The molecule has 0 spiro atoms. The number of aliphatic hydroxyl groups is 1. The number of carbonyl (C=O) groups excluding carboxylic acids is 2. The molecule has 0 atom stereocenters. The Morgan fingerprint density at radius 1 is 1.62 bits per heavy atom. The molecule has 0 fully saturated rings. The van der Waals surface area contributed by atoms with Crippen molar-refractivity contribution in [1.82, 2.24) is 9.61 Å². The van der Waals surface area contributed by atoms with Gasteiger partial charge in [-0.05, 0) is 12.1 Å². The van der Waals surface area contributed by atoms with E-state index in [0.29, 0.717) is 22.9 Å². The van der Waals surface area contributed by atoms with Crippen molar-refractivity contribution in [2.75, 3.05) is 0 Å². The molecule has 82 valence electrons. The third-order valence-corrected chi connectivity index (χ3v) is 2.32. The molecule has 3 N–H and O–H groups in total. The standard InChI is InChI=1S/C10H9N3O3/c11-10(16)9-7(5-15)3-8-6(4-14)1-2-12-13(8)9/h1-4,15H,5H2,(H2,11,16). The first-order valence-corrected chi connectivity index (χ1v) is 4.54. The van der Waals surface area contributed by atoms with Crippen molar-refractivity contribution < 1.29 is 14.7 Å². The van der Waals surface area contributed by atoms with Gasteiger partial charge in [-0.25, -0.2) is 4.52 Å². The summed E-state index contributed by atoms with van der Waals surface area (Å²) in [5.74, 6) is -0.695. The first kappa shape index (κ1) is 10.3. The molecule has 0 bridgehead atoms. The van der Waals surface area contributed by atoms with Gasteiger partial charge in [0, 0.05) is 17.3 Å². The number of fused-ring (bicyclic) bond motifs is 1. The van der Waals surface area contributed by atoms with Crippen LogP contribution in [0.15, 0.2) is 18.3 Å². The molecule has 16 heavy (non-hydrogen) atoms. The van der Waals surface area contributed by atoms with E-state index in [-0.39, 0.29) is 12.3 Å². The van der Waals surface area contributed by atoms with Gasteiger partial charge < -0.3 is 10.8 Å². The Morgan fingerprint density at radius 2 is 2.38 bits per heavy atom. The van der Waals surface area contributed by atoms with E-state index >= 15 is 0 Å². The van der Waals surface area contributed by atoms with E-state index < -0.39 is 5.91 Å². The van der Waals surface area contributed by atoms with E-state index in [0.717, 1.165) is 0 Å². The highest BCUT2D eigenvalue weighted by molar-refractivity contribution is 5.96. The van der Waals surface area contributed by atoms with Crippen LogP contribution < -0.4 is 5.73 Å². The van der Waals surface area contributed by atoms with E-state index in [9.17, 15) is 9.59 Å². The van der Waals surface area contributed by atoms with Crippen molar-refractivity contribution in [2.24, 2.45) is 5.73 Å². The number of primary amides is 1. The van der Waals surface area contributed by atoms with Crippen LogP contribution >= 0.6 is 0 Å². The molecule has 0 aliphatic carbocycles. The molecule has 0 radical (unpaired) electrons. The van der Waals surface area contributed by atoms with Crippen LogP contribution in [0.25, 0.3) is 5.52 Å². The van der Waals surface area contributed by atoms with Crippen molar-refractivity contribution >= 4 is 17.7 Å². The number of carbonyl (C=O) groups is 2. The number of nitrogens with two attached hydrogens (primary N) is 1. The zero-order valence-corrected chi connectivity index (χ0v) is 8.25. The van der Waals surface area contributed by atoms with E-state index in [4.69, 9.17) is 10.8 Å². The van der Waals surface area contributed by atoms with E-state index in [1.807, 2.05) is 0 Å². The van der Waals surface area contributed by atoms with Crippen LogP contribution in [-0.2, 0) is 6.61 Å². The summed E-state index contributed by atoms with van der Waals surface area (Å²) in [4.78, 5) is 22.0. The molecule has 0 unspecified atom stereocenters. The van der Waals surface area contributed by atoms with Crippen molar-refractivity contribution in [3.05, 3.63) is 35.2 Å². The summed E-state index contributed by atoms with van der Waals surface area (Å²) in [6.07, 6.45) is 2.05. The van der Waals surface area contributed by atoms with Crippen molar-refractivity contribution in [2.45, 2.75) is 6.61 Å². The quantitative estimate of drug-likeness (QED) is 0.695. The Bertz CT molecular complexity index is 574. The maximum atomic E-state index is 11.2. The molecular weight excluding hydrogens is 210 g/mol. The van der Waals surface area contributed by atoms with Crippen molar-refractivity contribution in [3.63, 3.8) is 0 Å². The largest absolute Gasteiger partial charge is 0.392 e. The molecule has 0 aliphatic heterocycles. The second kappa shape index (κ2) is 3.74. The topological polar surface area (TPSA) is 97.7 Å². The van der Waals surface area contributed by atoms with Gasteiger partial charge >= 0.3 is 0 Å². The lowest BCUT2D eigenvalue weighted by atomic mass is 10.2. The number of nitrogens with zero attached hydrogens (tertiary/aromatic N) is 2. The fourth-order valence-electron chi connectivity index (χ4n) is 1.63. The lowest BCUT2D eigenvalue weighted by molar-refractivity contribution is 0.0989. The molecule has 2 aromatic heterocycles. The summed E-state index contributed by atoms with van der Waals surface area (Å²) in [5, 5.41) is 13.0. The SMILES string of the molecule is NC(=O)c1c(CO)cc2c(C=O)ccnn12. The van der Waals surface area contributed by atoms with Crippen LogP contribution in [0.2, 0.25) is 0 Å². The van der Waals surface area contributed by atoms with Gasteiger partial charge in [0.15, 0.2) is 6.29 Å². The van der Waals surface area contributed by atoms with Crippen LogP contribution in [0.3, 0.4) is 0 Å². The Balaban J connectivity index is 2.87. The number of rotatable bonds is 3. The number of hydrogen-bond acceptors (Lipinski definition) is 4. The third-order valence-electron chi connectivity index (χ3n) is 2.32. The number of aldehydes is 1. The van der Waals surface area contributed by atoms with Gasteiger partial charge in [0.05, 0.1) is 12.1 Å². The predicted octanol–water partition coefficient (Wildman–Crippen LogP) is -0.262. The van der Waals surface area contributed by atoms with Gasteiger partial charge in [-0.1, -0.05) is 0 Å². The molecular formula is C10H9N3O3. The first-order chi connectivity index (χ1) is 7.69. The molecule has 6 heteroatoms. The Hall–Kier alpha value is -2.21. The first-order valence-electron chi connectivity index (χ1n) is 4.54. The van der Waals surface area contributed by atoms with Gasteiger partial charge in [-0.15, -0.1) is 0 Å². The highest BCUT2D eigenvalue weighted by atomic mass is 16.3. The Morgan fingerprint density at radius 3 is 2.94 bits per heavy atom. The molecule has 1 amide bonds. The summed E-state index contributed by atoms with van der Waals surface area (Å²) in [6.45, 7) is -0.333. The van der Waals surface area contributed by atoms with Crippen LogP contribution in [-0.4, -0.2) is 26.9 Å². The van der Waals surface area contributed by atoms with E-state index in [2.05, 4.69) is 5.10 Å². The van der Waals surface area contributed by atoms with Gasteiger partial charge in [0.1, 0.15) is 5.69 Å². The maximum Gasteiger partial charge on any atom is 0.267 e. The fraction of sp³-hybridized carbons (Fsp3) is 0.100. The second-order valence-corrected chi connectivity index (χ2v) is 3.24. The highest BCUT2D eigenvalue weighted by Gasteiger charge is 2.16. The smallest absolute Gasteiger partial charge is 0.267 e. The van der Waals surface area contributed by atoms with Gasteiger partial charge in [-0.3, -0.25) is 9.59 Å². The van der Waals surface area contributed by atoms with Crippen molar-refractivity contribution in [3.8, 4) is 0 Å². The minimum atomic E-state index is -0.695. The molecule has 0 aromatic carbocycles. The minimum absolute atomic E-state index is 0.0983. The highest BCUT2D eigenvalue weighted by Crippen LogP contribution is 2.17. The van der Waals surface area contributed by atoms with Crippen molar-refractivity contribution in [1.29, 1.82) is 0 Å². The van der Waals surface area contributed by atoms with E-state index in [1.54, 1.807) is 0 Å². The van der Waals surface area contributed by atoms with E-state index in [1.165, 1.54) is 22.8 Å². The van der Waals surface area contributed by atoms with Gasteiger partial charge in [0.2, 0.25) is 0 Å². The molecule has 6 nitrogen and oxygen atoms in total. The lowest BCUT2D eigenvalue weighted by Gasteiger charge is -1.99. The molecule has 2 heterocycles. The zero-order valence-electron chi connectivity index (χ0n) is 8.25. The summed E-state index contributed by atoms with van der Waals surface area (Å²) in [5.41, 5.74) is 6.49. The monoisotopic (exact) mass is 219 g/mol. The molecule has 2 rings (SSSR count). The second-order valence-electron chi connectivity index (χ2n) is 3.24. The normalized spacial score (nSPS) is 10.6. The Kier molecular flexibility index (Phi) is 2.41. The number of amides is 1. The van der Waals surface area contributed by atoms with Crippen LogP contribution in [0.1, 0.15) is 26.4 Å². The van der Waals surface area contributed by atoms with Crippen LogP contribution in [0.4, 0.5) is 0 Å². The van der Waals surface area contributed by atoms with Gasteiger partial charge in [0.25, 0.3) is 5.91 Å². The third kappa shape index (κ3) is 1.36. The average molecular weight is 219 g/mol. The molecule has 0 saturated heterocycles. The summed E-state index contributed by atoms with van der Waals surface area (Å²) >= 11 is 0. The number of aliphatic hydroxyl groups excluding tert-OH is 1. The molecule has 2 aromatic rings. The summed E-state index contributed by atoms with van der Waals surface area (Å²) in [6, 6.07) is 3.05. The zero-order chi connectivity index (χ0) is 11.7. The minimum Gasteiger partial charge on any atom is -0.392 e. The Labute approximate surface area is 90.3 Å². The molecule has 0 saturated carbocycles. The summed E-state index contributed by atoms with van der Waals surface area (Å²) < 4.78 is 1.26. The fourth-order valence-corrected chi connectivity index (χ4v) is 1.63. The lowest BCUT2D eigenvalue weighted by Crippen LogP contribution is -2.17. The predicted molar refractivity (Wildman–Crippen MR) is 55.0 cm³/mol. The van der Waals surface area contributed by atoms with Gasteiger partial charge in [-0.2, -0.15) is 5.10 Å². The molecule has 0 aliphatic rings.